The predicted molar refractivity (Wildman–Crippen MR) is 89.7 cm³/mol. The van der Waals surface area contributed by atoms with Crippen LogP contribution in [0.2, 0.25) is 0 Å². The van der Waals surface area contributed by atoms with Gasteiger partial charge in [0.2, 0.25) is 0 Å². The monoisotopic (exact) mass is 340 g/mol. The summed E-state index contributed by atoms with van der Waals surface area (Å²) in [5.41, 5.74) is -0.504. The number of ether oxygens (including phenoxy) is 1. The molecule has 0 aliphatic carbocycles. The topological polar surface area (TPSA) is 83.6 Å². The van der Waals surface area contributed by atoms with E-state index in [4.69, 9.17) is 4.74 Å². The van der Waals surface area contributed by atoms with Crippen molar-refractivity contribution in [3.63, 3.8) is 0 Å². The highest BCUT2D eigenvalue weighted by atomic mass is 32.1. The van der Waals surface area contributed by atoms with Gasteiger partial charge in [-0.25, -0.2) is 14.6 Å². The maximum absolute atomic E-state index is 12.2. The maximum atomic E-state index is 12.2. The van der Waals surface area contributed by atoms with Gasteiger partial charge in [0.1, 0.15) is 5.60 Å². The van der Waals surface area contributed by atoms with E-state index in [1.54, 1.807) is 11.1 Å². The van der Waals surface area contributed by atoms with Crippen molar-refractivity contribution in [3.05, 3.63) is 11.6 Å². The normalized spacial score (nSPS) is 18.4. The summed E-state index contributed by atoms with van der Waals surface area (Å²) >= 11 is 1.39. The number of hydrogen-bond donors (Lipinski definition) is 2. The molecule has 23 heavy (non-hydrogen) atoms. The zero-order valence-electron chi connectivity index (χ0n) is 13.8. The third-order valence-electron chi connectivity index (χ3n) is 3.39. The van der Waals surface area contributed by atoms with Gasteiger partial charge < -0.3 is 15.0 Å². The molecule has 128 valence electrons. The summed E-state index contributed by atoms with van der Waals surface area (Å²) in [6, 6.07) is -0.137. The van der Waals surface area contributed by atoms with E-state index in [1.165, 1.54) is 11.3 Å². The van der Waals surface area contributed by atoms with E-state index in [2.05, 4.69) is 15.6 Å². The fourth-order valence-corrected chi connectivity index (χ4v) is 2.93. The van der Waals surface area contributed by atoms with Crippen LogP contribution in [0.3, 0.4) is 0 Å². The number of anilines is 1. The number of carbonyl (C=O) groups excluding carboxylic acids is 2. The Bertz CT molecular complexity index is 527. The lowest BCUT2D eigenvalue weighted by molar-refractivity contribution is 0.0512. The second-order valence-electron chi connectivity index (χ2n) is 6.60. The molecule has 8 heteroatoms. The van der Waals surface area contributed by atoms with Crippen molar-refractivity contribution in [2.24, 2.45) is 5.92 Å². The summed E-state index contributed by atoms with van der Waals surface area (Å²) in [7, 11) is 0. The van der Waals surface area contributed by atoms with Crippen molar-refractivity contribution in [2.75, 3.05) is 25.0 Å². The van der Waals surface area contributed by atoms with Crippen molar-refractivity contribution in [2.45, 2.75) is 39.2 Å². The van der Waals surface area contributed by atoms with Crippen LogP contribution in [-0.4, -0.2) is 47.2 Å². The van der Waals surface area contributed by atoms with Crippen molar-refractivity contribution < 1.29 is 14.3 Å². The second-order valence-corrected chi connectivity index (χ2v) is 7.50. The van der Waals surface area contributed by atoms with Gasteiger partial charge in [0, 0.05) is 31.2 Å². The van der Waals surface area contributed by atoms with Gasteiger partial charge in [-0.2, -0.15) is 0 Å². The zero-order chi connectivity index (χ0) is 16.9. The number of urea groups is 1. The molecule has 0 aromatic carbocycles. The number of thiazole rings is 1. The largest absolute Gasteiger partial charge is 0.444 e. The number of nitrogens with one attached hydrogen (secondary N) is 2. The number of nitrogens with zero attached hydrogens (tertiary/aromatic N) is 2. The summed E-state index contributed by atoms with van der Waals surface area (Å²) in [6.07, 6.45) is 3.15. The van der Waals surface area contributed by atoms with Crippen LogP contribution in [-0.2, 0) is 4.74 Å². The Morgan fingerprint density at radius 3 is 2.91 bits per heavy atom. The van der Waals surface area contributed by atoms with Crippen molar-refractivity contribution in [3.8, 4) is 0 Å². The van der Waals surface area contributed by atoms with E-state index in [0.717, 1.165) is 19.4 Å². The molecular weight excluding hydrogens is 316 g/mol. The number of alkyl carbamates (subject to hydrolysis) is 1. The number of carbonyl (C=O) groups is 2. The van der Waals surface area contributed by atoms with Gasteiger partial charge in [-0.15, -0.1) is 11.3 Å². The lowest BCUT2D eigenvalue weighted by Crippen LogP contribution is -2.45. The van der Waals surface area contributed by atoms with Crippen LogP contribution < -0.4 is 10.6 Å². The molecule has 7 nitrogen and oxygen atoms in total. The highest BCUT2D eigenvalue weighted by Gasteiger charge is 2.25. The fourth-order valence-electron chi connectivity index (χ4n) is 2.41. The predicted octanol–water partition coefficient (Wildman–Crippen LogP) is 2.91. The van der Waals surface area contributed by atoms with E-state index in [1.807, 2.05) is 26.2 Å². The summed E-state index contributed by atoms with van der Waals surface area (Å²) in [5.74, 6) is 0.235. The molecule has 1 aliphatic heterocycles. The molecule has 0 radical (unpaired) electrons. The SMILES string of the molecule is CC(C)(C)OC(=O)NC[C@@H]1CCCN(C(=O)Nc2nccs2)C1. The van der Waals surface area contributed by atoms with E-state index < -0.39 is 11.7 Å². The molecule has 2 N–H and O–H groups in total. The molecule has 1 fully saturated rings. The lowest BCUT2D eigenvalue weighted by Gasteiger charge is -2.32. The minimum Gasteiger partial charge on any atom is -0.444 e. The molecule has 1 aromatic heterocycles. The number of aromatic nitrogens is 1. The van der Waals surface area contributed by atoms with Crippen LogP contribution in [0.25, 0.3) is 0 Å². The van der Waals surface area contributed by atoms with Gasteiger partial charge >= 0.3 is 12.1 Å². The molecule has 0 spiro atoms. The molecule has 2 heterocycles. The molecule has 0 bridgehead atoms. The van der Waals surface area contributed by atoms with Gasteiger partial charge in [0.25, 0.3) is 0 Å². The fraction of sp³-hybridized carbons (Fsp3) is 0.667. The highest BCUT2D eigenvalue weighted by molar-refractivity contribution is 7.13. The number of amides is 3. The first-order valence-corrected chi connectivity index (χ1v) is 8.64. The van der Waals surface area contributed by atoms with Crippen LogP contribution in [0.4, 0.5) is 14.7 Å². The van der Waals surface area contributed by atoms with E-state index >= 15 is 0 Å². The molecule has 1 atom stereocenters. The van der Waals surface area contributed by atoms with E-state index in [-0.39, 0.29) is 11.9 Å². The first-order valence-electron chi connectivity index (χ1n) is 7.76. The van der Waals surface area contributed by atoms with Crippen molar-refractivity contribution in [1.29, 1.82) is 0 Å². The molecule has 0 saturated carbocycles. The number of rotatable bonds is 3. The standard InChI is InChI=1S/C15H24N4O3S/c1-15(2,3)22-14(21)17-9-11-5-4-7-19(10-11)13(20)18-12-16-6-8-23-12/h6,8,11H,4-5,7,9-10H2,1-3H3,(H,17,21)(H,16,18,20)/t11-/m0/s1. The van der Waals surface area contributed by atoms with E-state index in [0.29, 0.717) is 18.2 Å². The second kappa shape index (κ2) is 7.63. The van der Waals surface area contributed by atoms with Crippen LogP contribution in [0.15, 0.2) is 11.6 Å². The highest BCUT2D eigenvalue weighted by Crippen LogP contribution is 2.18. The Kier molecular flexibility index (Phi) is 5.81. The Balaban J connectivity index is 1.77. The van der Waals surface area contributed by atoms with Gasteiger partial charge in [-0.3, -0.25) is 5.32 Å². The smallest absolute Gasteiger partial charge is 0.407 e. The van der Waals surface area contributed by atoms with Crippen LogP contribution in [0, 0.1) is 5.92 Å². The minimum absolute atomic E-state index is 0.137. The first kappa shape index (κ1) is 17.5. The molecule has 2 rings (SSSR count). The van der Waals surface area contributed by atoms with Crippen LogP contribution >= 0.6 is 11.3 Å². The molecule has 1 aliphatic rings. The summed E-state index contributed by atoms with van der Waals surface area (Å²) in [4.78, 5) is 29.7. The summed E-state index contributed by atoms with van der Waals surface area (Å²) in [6.45, 7) is 7.34. The first-order chi connectivity index (χ1) is 10.8. The third kappa shape index (κ3) is 6.05. The van der Waals surface area contributed by atoms with Gasteiger partial charge in [-0.05, 0) is 39.5 Å². The van der Waals surface area contributed by atoms with Gasteiger partial charge in [-0.1, -0.05) is 0 Å². The number of hydrogen-bond acceptors (Lipinski definition) is 5. The average Bonchev–Trinajstić information content (AvgIpc) is 2.96. The van der Waals surface area contributed by atoms with Crippen molar-refractivity contribution >= 4 is 28.6 Å². The average molecular weight is 340 g/mol. The third-order valence-corrected chi connectivity index (χ3v) is 4.07. The Labute approximate surface area is 140 Å². The van der Waals surface area contributed by atoms with E-state index in [9.17, 15) is 9.59 Å². The molecule has 1 saturated heterocycles. The summed E-state index contributed by atoms with van der Waals surface area (Å²) in [5, 5.41) is 7.99. The number of likely N-dealkylation sites (tertiary alicyclic amines) is 1. The Morgan fingerprint density at radius 1 is 1.48 bits per heavy atom. The van der Waals surface area contributed by atoms with Gasteiger partial charge in [0.05, 0.1) is 0 Å². The minimum atomic E-state index is -0.504. The molecule has 1 aromatic rings. The molecule has 3 amide bonds. The van der Waals surface area contributed by atoms with Crippen molar-refractivity contribution in [1.82, 2.24) is 15.2 Å². The number of piperidine rings is 1. The van der Waals surface area contributed by atoms with Crippen LogP contribution in [0.5, 0.6) is 0 Å². The van der Waals surface area contributed by atoms with Gasteiger partial charge in [0.15, 0.2) is 5.13 Å². The quantitative estimate of drug-likeness (QED) is 0.886. The maximum Gasteiger partial charge on any atom is 0.407 e. The Morgan fingerprint density at radius 2 is 2.26 bits per heavy atom. The molecule has 0 unspecified atom stereocenters. The Hall–Kier alpha value is -1.83. The molecular formula is C15H24N4O3S. The van der Waals surface area contributed by atoms with Crippen LogP contribution in [0.1, 0.15) is 33.6 Å². The lowest BCUT2D eigenvalue weighted by atomic mass is 9.98. The zero-order valence-corrected chi connectivity index (χ0v) is 14.6. The summed E-state index contributed by atoms with van der Waals surface area (Å²) < 4.78 is 5.22.